The predicted molar refractivity (Wildman–Crippen MR) is 71.0 cm³/mol. The van der Waals surface area contributed by atoms with Gasteiger partial charge >= 0.3 is 0 Å². The number of hydrogen-bond donors (Lipinski definition) is 0. The number of halogens is 2. The minimum Gasteiger partial charge on any atom is -0.486 e. The average molecular weight is 313 g/mol. The van der Waals surface area contributed by atoms with Gasteiger partial charge in [-0.05, 0) is 54.0 Å². The van der Waals surface area contributed by atoms with Crippen molar-refractivity contribution in [2.24, 2.45) is 0 Å². The van der Waals surface area contributed by atoms with E-state index in [1.807, 2.05) is 10.8 Å². The summed E-state index contributed by atoms with van der Waals surface area (Å²) in [6.07, 6.45) is 1.92. The Morgan fingerprint density at radius 2 is 2.00 bits per heavy atom. The van der Waals surface area contributed by atoms with Crippen LogP contribution in [0.15, 0.2) is 35.1 Å². The van der Waals surface area contributed by atoms with E-state index in [0.717, 1.165) is 10.4 Å². The van der Waals surface area contributed by atoms with Gasteiger partial charge in [0, 0.05) is 12.2 Å². The first-order chi connectivity index (χ1) is 8.56. The van der Waals surface area contributed by atoms with Crippen molar-refractivity contribution >= 4 is 15.9 Å². The van der Waals surface area contributed by atoms with Gasteiger partial charge in [-0.15, -0.1) is 0 Å². The van der Waals surface area contributed by atoms with Gasteiger partial charge in [0.1, 0.15) is 28.6 Å². The van der Waals surface area contributed by atoms with E-state index in [4.69, 9.17) is 4.74 Å². The van der Waals surface area contributed by atoms with Crippen LogP contribution in [0, 0.1) is 5.82 Å². The van der Waals surface area contributed by atoms with Crippen LogP contribution >= 0.6 is 15.9 Å². The van der Waals surface area contributed by atoms with Crippen molar-refractivity contribution in [1.29, 1.82) is 0 Å². The summed E-state index contributed by atoms with van der Waals surface area (Å²) in [5.41, 5.74) is 0. The van der Waals surface area contributed by atoms with Crippen LogP contribution in [0.1, 0.15) is 25.7 Å². The Balaban J connectivity index is 2.08. The molecule has 1 aromatic carbocycles. The monoisotopic (exact) mass is 312 g/mol. The van der Waals surface area contributed by atoms with Crippen molar-refractivity contribution in [3.63, 3.8) is 0 Å². The zero-order valence-corrected chi connectivity index (χ0v) is 11.8. The van der Waals surface area contributed by atoms with Gasteiger partial charge in [-0.25, -0.2) is 9.37 Å². The summed E-state index contributed by atoms with van der Waals surface area (Å²) in [5, 5.41) is 0. The molecule has 2 aromatic rings. The van der Waals surface area contributed by atoms with Gasteiger partial charge < -0.3 is 9.30 Å². The number of hydrogen-bond acceptors (Lipinski definition) is 2. The summed E-state index contributed by atoms with van der Waals surface area (Å²) in [4.78, 5) is 4.35. The van der Waals surface area contributed by atoms with Gasteiger partial charge in [-0.2, -0.15) is 0 Å². The molecule has 96 valence electrons. The normalized spacial score (nSPS) is 10.9. The molecular weight excluding hydrogens is 299 g/mol. The van der Waals surface area contributed by atoms with Crippen molar-refractivity contribution in [1.82, 2.24) is 9.55 Å². The largest absolute Gasteiger partial charge is 0.486 e. The minimum absolute atomic E-state index is 0.270. The summed E-state index contributed by atoms with van der Waals surface area (Å²) in [7, 11) is 0. The summed E-state index contributed by atoms with van der Waals surface area (Å²) in [6, 6.07) is 6.27. The number of benzene rings is 1. The maximum Gasteiger partial charge on any atom is 0.148 e. The van der Waals surface area contributed by atoms with E-state index in [-0.39, 0.29) is 5.82 Å². The topological polar surface area (TPSA) is 27.1 Å². The average Bonchev–Trinajstić information content (AvgIpc) is 2.70. The molecule has 0 atom stereocenters. The lowest BCUT2D eigenvalue weighted by atomic mass is 10.3. The number of ether oxygens (including phenoxy) is 1. The molecule has 0 fully saturated rings. The smallest absolute Gasteiger partial charge is 0.148 e. The van der Waals surface area contributed by atoms with Gasteiger partial charge in [0.15, 0.2) is 0 Å². The SMILES string of the molecule is CC(C)n1cc(Br)nc1COc1ccc(F)cc1. The van der Waals surface area contributed by atoms with Gasteiger partial charge in [-0.1, -0.05) is 0 Å². The number of nitrogens with zero attached hydrogens (tertiary/aromatic N) is 2. The first-order valence-corrected chi connectivity index (χ1v) is 6.47. The Kier molecular flexibility index (Phi) is 4.01. The molecule has 0 spiro atoms. The first-order valence-electron chi connectivity index (χ1n) is 5.68. The second kappa shape index (κ2) is 5.52. The molecule has 0 unspecified atom stereocenters. The third kappa shape index (κ3) is 3.10. The Bertz CT molecular complexity index is 522. The van der Waals surface area contributed by atoms with Gasteiger partial charge in [0.2, 0.25) is 0 Å². The van der Waals surface area contributed by atoms with E-state index < -0.39 is 0 Å². The van der Waals surface area contributed by atoms with Crippen LogP contribution in [0.3, 0.4) is 0 Å². The lowest BCUT2D eigenvalue weighted by Gasteiger charge is -2.12. The summed E-state index contributed by atoms with van der Waals surface area (Å²) >= 11 is 3.35. The highest BCUT2D eigenvalue weighted by atomic mass is 79.9. The maximum atomic E-state index is 12.7. The molecule has 0 bridgehead atoms. The molecule has 0 saturated carbocycles. The zero-order chi connectivity index (χ0) is 13.1. The van der Waals surface area contributed by atoms with Gasteiger partial charge in [-0.3, -0.25) is 0 Å². The van der Waals surface area contributed by atoms with E-state index in [1.165, 1.54) is 12.1 Å². The van der Waals surface area contributed by atoms with E-state index in [9.17, 15) is 4.39 Å². The Labute approximate surface area is 114 Å². The van der Waals surface area contributed by atoms with Crippen LogP contribution in [0.25, 0.3) is 0 Å². The molecule has 5 heteroatoms. The van der Waals surface area contributed by atoms with Crippen molar-refractivity contribution in [2.45, 2.75) is 26.5 Å². The van der Waals surface area contributed by atoms with Crippen molar-refractivity contribution in [3.05, 3.63) is 46.7 Å². The zero-order valence-electron chi connectivity index (χ0n) is 10.2. The molecule has 18 heavy (non-hydrogen) atoms. The van der Waals surface area contributed by atoms with E-state index in [2.05, 4.69) is 34.8 Å². The van der Waals surface area contributed by atoms with Crippen LogP contribution in [0.4, 0.5) is 4.39 Å². The fourth-order valence-electron chi connectivity index (χ4n) is 1.63. The predicted octanol–water partition coefficient (Wildman–Crippen LogP) is 3.94. The van der Waals surface area contributed by atoms with Crippen molar-refractivity contribution in [3.8, 4) is 5.75 Å². The summed E-state index contributed by atoms with van der Waals surface area (Å²) in [6.45, 7) is 4.51. The number of rotatable bonds is 4. The quantitative estimate of drug-likeness (QED) is 0.855. The van der Waals surface area contributed by atoms with E-state index >= 15 is 0 Å². The molecule has 1 heterocycles. The molecule has 0 amide bonds. The van der Waals surface area contributed by atoms with Crippen LogP contribution < -0.4 is 4.74 Å². The molecule has 0 aliphatic carbocycles. The fraction of sp³-hybridized carbons (Fsp3) is 0.308. The minimum atomic E-state index is -0.270. The Morgan fingerprint density at radius 3 is 2.61 bits per heavy atom. The molecule has 0 N–H and O–H groups in total. The number of aromatic nitrogens is 2. The summed E-state index contributed by atoms with van der Waals surface area (Å²) < 4.78 is 21.1. The lowest BCUT2D eigenvalue weighted by Crippen LogP contribution is -2.08. The van der Waals surface area contributed by atoms with Crippen molar-refractivity contribution < 1.29 is 9.13 Å². The highest BCUT2D eigenvalue weighted by Gasteiger charge is 2.09. The molecule has 2 rings (SSSR count). The van der Waals surface area contributed by atoms with Crippen LogP contribution in [-0.4, -0.2) is 9.55 Å². The molecule has 0 saturated heterocycles. The van der Waals surface area contributed by atoms with Gasteiger partial charge in [0.05, 0.1) is 0 Å². The van der Waals surface area contributed by atoms with E-state index in [1.54, 1.807) is 12.1 Å². The molecule has 0 radical (unpaired) electrons. The second-order valence-electron chi connectivity index (χ2n) is 4.22. The highest BCUT2D eigenvalue weighted by Crippen LogP contribution is 2.18. The lowest BCUT2D eigenvalue weighted by molar-refractivity contribution is 0.286. The first kappa shape index (κ1) is 13.1. The molecule has 1 aromatic heterocycles. The Hall–Kier alpha value is -1.36. The molecule has 3 nitrogen and oxygen atoms in total. The second-order valence-corrected chi connectivity index (χ2v) is 5.04. The van der Waals surface area contributed by atoms with Gasteiger partial charge in [0.25, 0.3) is 0 Å². The van der Waals surface area contributed by atoms with Crippen LogP contribution in [0.2, 0.25) is 0 Å². The standard InChI is InChI=1S/C13H14BrFN2O/c1-9(2)17-7-12(14)16-13(17)8-18-11-5-3-10(15)4-6-11/h3-7,9H,8H2,1-2H3. The van der Waals surface area contributed by atoms with Crippen LogP contribution in [-0.2, 0) is 6.61 Å². The highest BCUT2D eigenvalue weighted by molar-refractivity contribution is 9.10. The van der Waals surface area contributed by atoms with E-state index in [0.29, 0.717) is 18.4 Å². The molecule has 0 aliphatic heterocycles. The molecular formula is C13H14BrFN2O. The number of imidazole rings is 1. The van der Waals surface area contributed by atoms with Crippen LogP contribution in [0.5, 0.6) is 5.75 Å². The maximum absolute atomic E-state index is 12.7. The molecule has 0 aliphatic rings. The van der Waals surface area contributed by atoms with Crippen molar-refractivity contribution in [2.75, 3.05) is 0 Å². The fourth-order valence-corrected chi connectivity index (χ4v) is 2.06. The third-order valence-corrected chi connectivity index (χ3v) is 2.90. The summed E-state index contributed by atoms with van der Waals surface area (Å²) in [5.74, 6) is 1.20. The Morgan fingerprint density at radius 1 is 1.33 bits per heavy atom. The third-order valence-electron chi connectivity index (χ3n) is 2.52.